The van der Waals surface area contributed by atoms with Crippen LogP contribution in [0.3, 0.4) is 0 Å². The molecule has 1 saturated heterocycles. The predicted octanol–water partition coefficient (Wildman–Crippen LogP) is 4.13. The van der Waals surface area contributed by atoms with Crippen molar-refractivity contribution in [3.63, 3.8) is 0 Å². The Morgan fingerprint density at radius 1 is 1.12 bits per heavy atom. The summed E-state index contributed by atoms with van der Waals surface area (Å²) in [5, 5.41) is 3.13. The van der Waals surface area contributed by atoms with Crippen molar-refractivity contribution in [2.24, 2.45) is 0 Å². The molecule has 1 aliphatic rings. The van der Waals surface area contributed by atoms with E-state index in [1.54, 1.807) is 0 Å². The molecule has 1 fully saturated rings. The van der Waals surface area contributed by atoms with Gasteiger partial charge in [-0.2, -0.15) is 0 Å². The highest BCUT2D eigenvalue weighted by Crippen LogP contribution is 2.22. The van der Waals surface area contributed by atoms with Gasteiger partial charge < -0.3 is 5.32 Å². The fourth-order valence-electron chi connectivity index (χ4n) is 3.67. The van der Waals surface area contributed by atoms with Crippen LogP contribution in [0.25, 0.3) is 11.1 Å². The Labute approximate surface area is 151 Å². The van der Waals surface area contributed by atoms with Gasteiger partial charge in [0.05, 0.1) is 0 Å². The zero-order valence-electron chi connectivity index (χ0n) is 15.3. The molecule has 0 bridgehead atoms. The van der Waals surface area contributed by atoms with E-state index in [4.69, 9.17) is 0 Å². The molecule has 1 amide bonds. The number of nitrogens with zero attached hydrogens (tertiary/aromatic N) is 1. The van der Waals surface area contributed by atoms with Crippen molar-refractivity contribution >= 4 is 5.91 Å². The van der Waals surface area contributed by atoms with E-state index < -0.39 is 0 Å². The standard InChI is InChI=1S/C22H28N2O/c1-3-17-8-5-9-18(14-17)19-10-6-11-20(15-19)22(25)23-16-21-12-7-13-24(21)4-2/h5-6,8-11,14-15,21H,3-4,7,12-13,16H2,1-2H3,(H,23,25). The summed E-state index contributed by atoms with van der Waals surface area (Å²) in [6.45, 7) is 7.30. The molecule has 2 aromatic carbocycles. The lowest BCUT2D eigenvalue weighted by Crippen LogP contribution is -2.40. The van der Waals surface area contributed by atoms with E-state index in [-0.39, 0.29) is 5.91 Å². The van der Waals surface area contributed by atoms with Gasteiger partial charge in [0.15, 0.2) is 0 Å². The first kappa shape index (κ1) is 17.7. The van der Waals surface area contributed by atoms with Crippen molar-refractivity contribution in [2.75, 3.05) is 19.6 Å². The summed E-state index contributed by atoms with van der Waals surface area (Å²) in [5.74, 6) is 0.0245. The van der Waals surface area contributed by atoms with E-state index in [1.165, 1.54) is 24.0 Å². The molecule has 2 aromatic rings. The number of benzene rings is 2. The molecule has 1 N–H and O–H groups in total. The fourth-order valence-corrected chi connectivity index (χ4v) is 3.67. The number of hydrogen-bond acceptors (Lipinski definition) is 2. The number of aryl methyl sites for hydroxylation is 1. The van der Waals surface area contributed by atoms with Gasteiger partial charge in [-0.05, 0) is 61.2 Å². The second-order valence-electron chi connectivity index (χ2n) is 6.77. The SMILES string of the molecule is CCc1cccc(-c2cccc(C(=O)NCC3CCCN3CC)c2)c1. The lowest BCUT2D eigenvalue weighted by atomic mass is 10.00. The Kier molecular flexibility index (Phi) is 5.87. The van der Waals surface area contributed by atoms with Crippen molar-refractivity contribution in [1.82, 2.24) is 10.2 Å². The molecular formula is C22H28N2O. The first-order valence-corrected chi connectivity index (χ1v) is 9.43. The number of amides is 1. The molecule has 3 rings (SSSR count). The zero-order chi connectivity index (χ0) is 17.6. The van der Waals surface area contributed by atoms with Crippen LogP contribution in [0.2, 0.25) is 0 Å². The molecule has 3 nitrogen and oxygen atoms in total. The maximum absolute atomic E-state index is 12.6. The van der Waals surface area contributed by atoms with Crippen LogP contribution in [0.1, 0.15) is 42.6 Å². The summed E-state index contributed by atoms with van der Waals surface area (Å²) >= 11 is 0. The van der Waals surface area contributed by atoms with Crippen LogP contribution in [0.4, 0.5) is 0 Å². The van der Waals surface area contributed by atoms with E-state index in [9.17, 15) is 4.79 Å². The quantitative estimate of drug-likeness (QED) is 0.860. The Balaban J connectivity index is 1.69. The topological polar surface area (TPSA) is 32.3 Å². The summed E-state index contributed by atoms with van der Waals surface area (Å²) in [4.78, 5) is 15.0. The minimum Gasteiger partial charge on any atom is -0.350 e. The van der Waals surface area contributed by atoms with Gasteiger partial charge >= 0.3 is 0 Å². The monoisotopic (exact) mass is 336 g/mol. The molecule has 1 atom stereocenters. The van der Waals surface area contributed by atoms with Gasteiger partial charge in [0, 0.05) is 18.2 Å². The minimum absolute atomic E-state index is 0.0245. The van der Waals surface area contributed by atoms with Crippen LogP contribution >= 0.6 is 0 Å². The lowest BCUT2D eigenvalue weighted by Gasteiger charge is -2.22. The van der Waals surface area contributed by atoms with Crippen LogP contribution in [0, 0.1) is 0 Å². The molecule has 25 heavy (non-hydrogen) atoms. The summed E-state index contributed by atoms with van der Waals surface area (Å²) in [5.41, 5.74) is 4.31. The molecule has 1 aliphatic heterocycles. The molecule has 1 unspecified atom stereocenters. The van der Waals surface area contributed by atoms with Gasteiger partial charge in [0.1, 0.15) is 0 Å². The molecule has 0 radical (unpaired) electrons. The van der Waals surface area contributed by atoms with Gasteiger partial charge in [0.25, 0.3) is 5.91 Å². The van der Waals surface area contributed by atoms with Gasteiger partial charge in [-0.1, -0.05) is 50.2 Å². The van der Waals surface area contributed by atoms with Crippen LogP contribution < -0.4 is 5.32 Å². The second-order valence-corrected chi connectivity index (χ2v) is 6.77. The first-order valence-electron chi connectivity index (χ1n) is 9.43. The Morgan fingerprint density at radius 2 is 1.88 bits per heavy atom. The number of carbonyl (C=O) groups is 1. The Morgan fingerprint density at radius 3 is 2.64 bits per heavy atom. The van der Waals surface area contributed by atoms with Crippen LogP contribution in [0.15, 0.2) is 48.5 Å². The highest BCUT2D eigenvalue weighted by molar-refractivity contribution is 5.95. The number of rotatable bonds is 6. The number of likely N-dealkylation sites (tertiary alicyclic amines) is 1. The third-order valence-electron chi connectivity index (χ3n) is 5.20. The van der Waals surface area contributed by atoms with Crippen LogP contribution in [-0.4, -0.2) is 36.5 Å². The fraction of sp³-hybridized carbons (Fsp3) is 0.409. The van der Waals surface area contributed by atoms with Crippen molar-refractivity contribution in [1.29, 1.82) is 0 Å². The van der Waals surface area contributed by atoms with Crippen molar-refractivity contribution in [3.8, 4) is 11.1 Å². The highest BCUT2D eigenvalue weighted by Gasteiger charge is 2.23. The molecule has 0 aromatic heterocycles. The second kappa shape index (κ2) is 8.30. The third kappa shape index (κ3) is 4.29. The maximum Gasteiger partial charge on any atom is 0.251 e. The molecule has 3 heteroatoms. The van der Waals surface area contributed by atoms with Crippen molar-refractivity contribution in [3.05, 3.63) is 59.7 Å². The van der Waals surface area contributed by atoms with Gasteiger partial charge in [-0.15, -0.1) is 0 Å². The van der Waals surface area contributed by atoms with E-state index in [0.29, 0.717) is 6.04 Å². The maximum atomic E-state index is 12.6. The van der Waals surface area contributed by atoms with Gasteiger partial charge in [0.2, 0.25) is 0 Å². The molecule has 1 heterocycles. The molecule has 0 aliphatic carbocycles. The van der Waals surface area contributed by atoms with Crippen molar-refractivity contribution in [2.45, 2.75) is 39.2 Å². The average molecular weight is 336 g/mol. The summed E-state index contributed by atoms with van der Waals surface area (Å²) in [7, 11) is 0. The average Bonchev–Trinajstić information content (AvgIpc) is 3.14. The van der Waals surface area contributed by atoms with E-state index in [1.807, 2.05) is 18.2 Å². The molecule has 0 saturated carbocycles. The number of hydrogen-bond donors (Lipinski definition) is 1. The van der Waals surface area contributed by atoms with E-state index >= 15 is 0 Å². The first-order chi connectivity index (χ1) is 12.2. The Hall–Kier alpha value is -2.13. The molecule has 132 valence electrons. The lowest BCUT2D eigenvalue weighted by molar-refractivity contribution is 0.0941. The van der Waals surface area contributed by atoms with Crippen molar-refractivity contribution < 1.29 is 4.79 Å². The number of nitrogens with one attached hydrogen (secondary N) is 1. The molecule has 0 spiro atoms. The summed E-state index contributed by atoms with van der Waals surface area (Å²) in [6.07, 6.45) is 3.43. The summed E-state index contributed by atoms with van der Waals surface area (Å²) < 4.78 is 0. The van der Waals surface area contributed by atoms with Gasteiger partial charge in [-0.3, -0.25) is 9.69 Å². The number of likely N-dealkylation sites (N-methyl/N-ethyl adjacent to an activating group) is 1. The predicted molar refractivity (Wildman–Crippen MR) is 104 cm³/mol. The minimum atomic E-state index is 0.0245. The van der Waals surface area contributed by atoms with Crippen LogP contribution in [0.5, 0.6) is 0 Å². The highest BCUT2D eigenvalue weighted by atomic mass is 16.1. The smallest absolute Gasteiger partial charge is 0.251 e. The third-order valence-corrected chi connectivity index (χ3v) is 5.20. The van der Waals surface area contributed by atoms with Crippen LogP contribution in [-0.2, 0) is 6.42 Å². The Bertz CT molecular complexity index is 725. The number of carbonyl (C=O) groups excluding carboxylic acids is 1. The summed E-state index contributed by atoms with van der Waals surface area (Å²) in [6, 6.07) is 17.0. The zero-order valence-corrected chi connectivity index (χ0v) is 15.3. The molecular weight excluding hydrogens is 308 g/mol. The van der Waals surface area contributed by atoms with E-state index in [0.717, 1.165) is 37.2 Å². The van der Waals surface area contributed by atoms with Gasteiger partial charge in [-0.25, -0.2) is 0 Å². The normalized spacial score (nSPS) is 17.6. The van der Waals surface area contributed by atoms with E-state index in [2.05, 4.69) is 54.4 Å². The largest absolute Gasteiger partial charge is 0.350 e.